The molecule has 0 spiro atoms. The Kier molecular flexibility index (Phi) is 9.46. The van der Waals surface area contributed by atoms with E-state index in [1.165, 1.54) is 26.4 Å². The van der Waals surface area contributed by atoms with E-state index in [9.17, 15) is 14.0 Å². The minimum absolute atomic E-state index is 0.0721. The number of hydrogen-bond donors (Lipinski definition) is 2. The summed E-state index contributed by atoms with van der Waals surface area (Å²) < 4.78 is 36.2. The molecule has 0 atom stereocenters. The molecule has 2 amide bonds. The number of likely N-dealkylation sites (N-methyl/N-ethyl adjacent to an activating group) is 1. The first-order valence-electron chi connectivity index (χ1n) is 13.1. The van der Waals surface area contributed by atoms with E-state index in [0.29, 0.717) is 41.5 Å². The Morgan fingerprint density at radius 1 is 1.02 bits per heavy atom. The van der Waals surface area contributed by atoms with Crippen LogP contribution in [0.1, 0.15) is 35.8 Å². The van der Waals surface area contributed by atoms with Crippen LogP contribution in [0.2, 0.25) is 0 Å². The van der Waals surface area contributed by atoms with E-state index in [1.54, 1.807) is 36.6 Å². The zero-order chi connectivity index (χ0) is 29.5. The normalized spacial score (nSPS) is 13.4. The van der Waals surface area contributed by atoms with Gasteiger partial charge in [-0.2, -0.15) is 0 Å². The van der Waals surface area contributed by atoms with Gasteiger partial charge in [0.05, 0.1) is 33.4 Å². The van der Waals surface area contributed by atoms with E-state index in [0.717, 1.165) is 22.3 Å². The number of methoxy groups -OCH3 is 2. The number of nitrogens with zero attached hydrogens (tertiary/aromatic N) is 1. The van der Waals surface area contributed by atoms with Gasteiger partial charge in [-0.3, -0.25) is 4.79 Å². The number of rotatable bonds is 11. The van der Waals surface area contributed by atoms with Gasteiger partial charge >= 0.3 is 6.09 Å². The standard InChI is InChI=1S/C31H34FN3O6/c1-19-24(13-20-14-27(38-4)30(28(15-20)39-5)41-31(37)33-10-11-35(2)3)23-9-8-21(32)16-26(23)25(19)17-29(36)34-18-22-7-6-12-40-22/h6-9,12-16H,10-11,17-18H2,1-5H3,(H,33,37)(H,34,36)/b24-13-. The van der Waals surface area contributed by atoms with Gasteiger partial charge in [0.25, 0.3) is 0 Å². The number of hydrogen-bond acceptors (Lipinski definition) is 7. The van der Waals surface area contributed by atoms with Gasteiger partial charge in [-0.25, -0.2) is 9.18 Å². The van der Waals surface area contributed by atoms with Gasteiger partial charge in [0, 0.05) is 13.1 Å². The van der Waals surface area contributed by atoms with Crippen LogP contribution in [-0.4, -0.2) is 58.3 Å². The van der Waals surface area contributed by atoms with E-state index >= 15 is 0 Å². The number of carbonyl (C=O) groups excluding carboxylic acids is 2. The lowest BCUT2D eigenvalue weighted by atomic mass is 10.00. The lowest BCUT2D eigenvalue weighted by Gasteiger charge is -2.16. The predicted molar refractivity (Wildman–Crippen MR) is 154 cm³/mol. The molecule has 1 heterocycles. The molecule has 0 bridgehead atoms. The Hall–Kier alpha value is -4.57. The average Bonchev–Trinajstić information content (AvgIpc) is 3.55. The fraction of sp³-hybridized carbons (Fsp3) is 0.290. The molecule has 10 heteroatoms. The molecule has 41 heavy (non-hydrogen) atoms. The Labute approximate surface area is 238 Å². The zero-order valence-corrected chi connectivity index (χ0v) is 23.8. The quantitative estimate of drug-likeness (QED) is 0.334. The highest BCUT2D eigenvalue weighted by Crippen LogP contribution is 2.45. The highest BCUT2D eigenvalue weighted by atomic mass is 19.1. The van der Waals surface area contributed by atoms with Crippen LogP contribution in [0, 0.1) is 5.82 Å². The van der Waals surface area contributed by atoms with E-state index < -0.39 is 6.09 Å². The van der Waals surface area contributed by atoms with Crippen molar-refractivity contribution in [2.45, 2.75) is 19.9 Å². The molecular weight excluding hydrogens is 529 g/mol. The largest absolute Gasteiger partial charge is 0.493 e. The molecule has 4 rings (SSSR count). The van der Waals surface area contributed by atoms with Gasteiger partial charge in [-0.05, 0) is 96.9 Å². The van der Waals surface area contributed by atoms with Crippen molar-refractivity contribution in [2.75, 3.05) is 41.4 Å². The highest BCUT2D eigenvalue weighted by Gasteiger charge is 2.26. The minimum atomic E-state index is -0.630. The molecule has 0 saturated carbocycles. The van der Waals surface area contributed by atoms with Crippen molar-refractivity contribution in [2.24, 2.45) is 0 Å². The molecule has 0 radical (unpaired) electrons. The van der Waals surface area contributed by atoms with Gasteiger partial charge in [-0.15, -0.1) is 0 Å². The first-order valence-corrected chi connectivity index (χ1v) is 13.1. The highest BCUT2D eigenvalue weighted by molar-refractivity contribution is 6.08. The van der Waals surface area contributed by atoms with Crippen LogP contribution < -0.4 is 24.8 Å². The van der Waals surface area contributed by atoms with Crippen molar-refractivity contribution in [3.8, 4) is 17.2 Å². The van der Waals surface area contributed by atoms with Gasteiger partial charge in [0.1, 0.15) is 11.6 Å². The number of nitrogens with one attached hydrogen (secondary N) is 2. The summed E-state index contributed by atoms with van der Waals surface area (Å²) in [5.74, 6) is 0.797. The fourth-order valence-electron chi connectivity index (χ4n) is 4.56. The maximum Gasteiger partial charge on any atom is 0.412 e. The van der Waals surface area contributed by atoms with Crippen LogP contribution in [-0.2, 0) is 11.3 Å². The molecule has 2 N–H and O–H groups in total. The van der Waals surface area contributed by atoms with Crippen molar-refractivity contribution in [1.82, 2.24) is 15.5 Å². The number of furan rings is 1. The van der Waals surface area contributed by atoms with Crippen molar-refractivity contribution in [3.63, 3.8) is 0 Å². The minimum Gasteiger partial charge on any atom is -0.493 e. The van der Waals surface area contributed by atoms with Crippen LogP contribution in [0.3, 0.4) is 0 Å². The number of allylic oxidation sites excluding steroid dienone is 2. The molecule has 9 nitrogen and oxygen atoms in total. The summed E-state index contributed by atoms with van der Waals surface area (Å²) in [5, 5.41) is 5.55. The summed E-state index contributed by atoms with van der Waals surface area (Å²) in [5.41, 5.74) is 4.57. The van der Waals surface area contributed by atoms with Crippen molar-refractivity contribution in [3.05, 3.63) is 82.6 Å². The third-order valence-electron chi connectivity index (χ3n) is 6.65. The van der Waals surface area contributed by atoms with Crippen LogP contribution in [0.4, 0.5) is 9.18 Å². The second-order valence-electron chi connectivity index (χ2n) is 9.76. The summed E-state index contributed by atoms with van der Waals surface area (Å²) in [6.07, 6.45) is 2.90. The lowest BCUT2D eigenvalue weighted by molar-refractivity contribution is -0.120. The van der Waals surface area contributed by atoms with Gasteiger partial charge in [0.15, 0.2) is 11.5 Å². The summed E-state index contributed by atoms with van der Waals surface area (Å²) in [7, 11) is 6.76. The molecular formula is C31H34FN3O6. The second-order valence-corrected chi connectivity index (χ2v) is 9.76. The van der Waals surface area contributed by atoms with E-state index in [2.05, 4.69) is 10.6 Å². The molecule has 0 fully saturated rings. The van der Waals surface area contributed by atoms with E-state index in [-0.39, 0.29) is 30.4 Å². The Bertz CT molecular complexity index is 1450. The summed E-state index contributed by atoms with van der Waals surface area (Å²) in [6.45, 7) is 3.23. The SMILES string of the molecule is COc1cc(/C=C2/C(C)=C(CC(=O)NCc3ccco3)c3cc(F)ccc32)cc(OC)c1OC(=O)NCCN(C)C. The number of amides is 2. The first-order chi connectivity index (χ1) is 19.7. The molecule has 0 unspecified atom stereocenters. The Morgan fingerprint density at radius 3 is 2.39 bits per heavy atom. The molecule has 1 aliphatic rings. The lowest BCUT2D eigenvalue weighted by Crippen LogP contribution is -2.33. The summed E-state index contributed by atoms with van der Waals surface area (Å²) in [6, 6.07) is 11.5. The first kappa shape index (κ1) is 29.4. The molecule has 0 saturated heterocycles. The number of carbonyl (C=O) groups is 2. The van der Waals surface area contributed by atoms with Gasteiger partial charge in [-0.1, -0.05) is 6.07 Å². The second kappa shape index (κ2) is 13.2. The molecule has 0 aliphatic heterocycles. The van der Waals surface area contributed by atoms with Gasteiger partial charge in [0.2, 0.25) is 11.7 Å². The van der Waals surface area contributed by atoms with Crippen LogP contribution in [0.15, 0.2) is 58.7 Å². The van der Waals surface area contributed by atoms with Crippen molar-refractivity contribution >= 4 is 29.2 Å². The maximum absolute atomic E-state index is 14.3. The van der Waals surface area contributed by atoms with Crippen LogP contribution >= 0.6 is 0 Å². The molecule has 1 aliphatic carbocycles. The third kappa shape index (κ3) is 7.15. The van der Waals surface area contributed by atoms with Gasteiger partial charge < -0.3 is 34.2 Å². The summed E-state index contributed by atoms with van der Waals surface area (Å²) in [4.78, 5) is 27.1. The van der Waals surface area contributed by atoms with E-state index in [4.69, 9.17) is 18.6 Å². The van der Waals surface area contributed by atoms with Crippen molar-refractivity contribution < 1.29 is 32.6 Å². The predicted octanol–water partition coefficient (Wildman–Crippen LogP) is 5.12. The summed E-state index contributed by atoms with van der Waals surface area (Å²) >= 11 is 0. The maximum atomic E-state index is 14.3. The molecule has 2 aromatic carbocycles. The zero-order valence-electron chi connectivity index (χ0n) is 23.8. The monoisotopic (exact) mass is 563 g/mol. The number of fused-ring (bicyclic) bond motifs is 1. The molecule has 1 aromatic heterocycles. The fourth-order valence-corrected chi connectivity index (χ4v) is 4.56. The Balaban J connectivity index is 1.63. The average molecular weight is 564 g/mol. The van der Waals surface area contributed by atoms with E-state index in [1.807, 2.05) is 32.0 Å². The van der Waals surface area contributed by atoms with Crippen LogP contribution in [0.5, 0.6) is 17.2 Å². The smallest absolute Gasteiger partial charge is 0.412 e. The van der Waals surface area contributed by atoms with Crippen LogP contribution in [0.25, 0.3) is 17.2 Å². The Morgan fingerprint density at radius 2 is 1.76 bits per heavy atom. The molecule has 3 aromatic rings. The van der Waals surface area contributed by atoms with Crippen molar-refractivity contribution in [1.29, 1.82) is 0 Å². The molecule has 216 valence electrons. The number of halogens is 1. The third-order valence-corrected chi connectivity index (χ3v) is 6.65. The number of ether oxygens (including phenoxy) is 3. The number of benzene rings is 2. The topological polar surface area (TPSA) is 102 Å².